The molecular formula is C21H22ClN5O. The van der Waals surface area contributed by atoms with Crippen LogP contribution < -0.4 is 4.90 Å². The van der Waals surface area contributed by atoms with Gasteiger partial charge in [0.2, 0.25) is 0 Å². The zero-order valence-corrected chi connectivity index (χ0v) is 16.5. The maximum Gasteiger partial charge on any atom is 0.255 e. The predicted octanol–water partition coefficient (Wildman–Crippen LogP) is 3.79. The molecule has 1 aliphatic rings. The molecule has 3 heterocycles. The van der Waals surface area contributed by atoms with E-state index in [0.29, 0.717) is 17.1 Å². The van der Waals surface area contributed by atoms with Crippen molar-refractivity contribution in [1.29, 1.82) is 0 Å². The summed E-state index contributed by atoms with van der Waals surface area (Å²) in [6.07, 6.45) is 2.56. The van der Waals surface area contributed by atoms with Gasteiger partial charge in [0.15, 0.2) is 5.82 Å². The third-order valence-electron chi connectivity index (χ3n) is 4.98. The number of hydrogen-bond donors (Lipinski definition) is 1. The Morgan fingerprint density at radius 1 is 1.07 bits per heavy atom. The van der Waals surface area contributed by atoms with Gasteiger partial charge in [0, 0.05) is 49.2 Å². The molecule has 0 atom stereocenters. The summed E-state index contributed by atoms with van der Waals surface area (Å²) >= 11 is 5.97. The Hall–Kier alpha value is -2.86. The number of halogens is 1. The molecule has 0 spiro atoms. The summed E-state index contributed by atoms with van der Waals surface area (Å²) in [6.45, 7) is 4.92. The number of aromatic nitrogens is 3. The molecule has 1 aromatic carbocycles. The van der Waals surface area contributed by atoms with Gasteiger partial charge in [0.05, 0.1) is 11.3 Å². The molecule has 1 fully saturated rings. The van der Waals surface area contributed by atoms with Crippen LogP contribution in [-0.4, -0.2) is 52.2 Å². The van der Waals surface area contributed by atoms with Crippen molar-refractivity contribution >= 4 is 23.3 Å². The minimum absolute atomic E-state index is 0.0400. The van der Waals surface area contributed by atoms with Crippen LogP contribution in [0.15, 0.2) is 48.7 Å². The Bertz CT molecular complexity index is 952. The normalized spacial score (nSPS) is 14.8. The van der Waals surface area contributed by atoms with Gasteiger partial charge in [-0.2, -0.15) is 5.10 Å². The molecular weight excluding hydrogens is 374 g/mol. The van der Waals surface area contributed by atoms with E-state index in [0.717, 1.165) is 48.8 Å². The van der Waals surface area contributed by atoms with Gasteiger partial charge < -0.3 is 9.80 Å². The number of hydrogen-bond acceptors (Lipinski definition) is 4. The number of nitrogens with zero attached hydrogens (tertiary/aromatic N) is 4. The second kappa shape index (κ2) is 8.02. The van der Waals surface area contributed by atoms with E-state index < -0.39 is 0 Å². The Balaban J connectivity index is 1.43. The highest BCUT2D eigenvalue weighted by Crippen LogP contribution is 2.24. The molecule has 1 saturated heterocycles. The summed E-state index contributed by atoms with van der Waals surface area (Å²) in [6, 6.07) is 13.4. The number of carbonyl (C=O) groups is 1. The first-order chi connectivity index (χ1) is 13.6. The highest BCUT2D eigenvalue weighted by molar-refractivity contribution is 6.30. The molecule has 3 aromatic rings. The number of anilines is 1. The molecule has 0 bridgehead atoms. The average molecular weight is 396 g/mol. The van der Waals surface area contributed by atoms with Crippen LogP contribution in [0.5, 0.6) is 0 Å². The third-order valence-corrected chi connectivity index (χ3v) is 5.24. The van der Waals surface area contributed by atoms with E-state index in [1.54, 1.807) is 6.20 Å². The second-order valence-electron chi connectivity index (χ2n) is 6.97. The van der Waals surface area contributed by atoms with Crippen molar-refractivity contribution in [2.45, 2.75) is 13.3 Å². The maximum atomic E-state index is 12.8. The molecule has 1 N–H and O–H groups in total. The topological polar surface area (TPSA) is 65.1 Å². The molecule has 7 heteroatoms. The van der Waals surface area contributed by atoms with Gasteiger partial charge in [0.1, 0.15) is 0 Å². The van der Waals surface area contributed by atoms with Crippen molar-refractivity contribution in [2.24, 2.45) is 0 Å². The van der Waals surface area contributed by atoms with Gasteiger partial charge >= 0.3 is 0 Å². The summed E-state index contributed by atoms with van der Waals surface area (Å²) in [5.41, 5.74) is 3.55. The predicted molar refractivity (Wildman–Crippen MR) is 111 cm³/mol. The fraction of sp³-hybridized carbons (Fsp3) is 0.286. The van der Waals surface area contributed by atoms with Crippen LogP contribution in [0.1, 0.15) is 22.5 Å². The quantitative estimate of drug-likeness (QED) is 0.732. The van der Waals surface area contributed by atoms with Crippen molar-refractivity contribution in [2.75, 3.05) is 31.1 Å². The number of nitrogens with one attached hydrogen (secondary N) is 1. The molecule has 28 heavy (non-hydrogen) atoms. The fourth-order valence-electron chi connectivity index (χ4n) is 3.38. The molecule has 1 amide bonds. The van der Waals surface area contributed by atoms with Crippen LogP contribution in [-0.2, 0) is 0 Å². The standard InChI is InChI=1S/C21H22ClN5O/c1-15-3-4-17(14-23-15)21(28)27-10-2-9-26(11-12-27)20-13-19(24-25-20)16-5-7-18(22)8-6-16/h3-8,13-14H,2,9-12H2,1H3,(H,24,25). The molecule has 0 aliphatic carbocycles. The lowest BCUT2D eigenvalue weighted by Crippen LogP contribution is -2.35. The zero-order valence-electron chi connectivity index (χ0n) is 15.7. The van der Waals surface area contributed by atoms with Crippen molar-refractivity contribution in [3.8, 4) is 11.3 Å². The van der Waals surface area contributed by atoms with Crippen molar-refractivity contribution in [3.05, 3.63) is 64.9 Å². The minimum atomic E-state index is 0.0400. The molecule has 144 valence electrons. The lowest BCUT2D eigenvalue weighted by molar-refractivity contribution is 0.0766. The van der Waals surface area contributed by atoms with E-state index >= 15 is 0 Å². The van der Waals surface area contributed by atoms with Crippen LogP contribution in [0.4, 0.5) is 5.82 Å². The SMILES string of the molecule is Cc1ccc(C(=O)N2CCCN(c3cc(-c4ccc(Cl)cc4)[nH]n3)CC2)cn1. The first-order valence-corrected chi connectivity index (χ1v) is 9.76. The zero-order chi connectivity index (χ0) is 19.5. The Kier molecular flexibility index (Phi) is 5.30. The lowest BCUT2D eigenvalue weighted by atomic mass is 10.1. The first-order valence-electron chi connectivity index (χ1n) is 9.38. The smallest absolute Gasteiger partial charge is 0.255 e. The highest BCUT2D eigenvalue weighted by atomic mass is 35.5. The van der Waals surface area contributed by atoms with Crippen LogP contribution in [0.25, 0.3) is 11.3 Å². The van der Waals surface area contributed by atoms with E-state index in [-0.39, 0.29) is 5.91 Å². The largest absolute Gasteiger partial charge is 0.353 e. The summed E-state index contributed by atoms with van der Waals surface area (Å²) in [4.78, 5) is 21.1. The number of pyridine rings is 1. The van der Waals surface area contributed by atoms with Gasteiger partial charge in [-0.1, -0.05) is 23.7 Å². The fourth-order valence-corrected chi connectivity index (χ4v) is 3.50. The summed E-state index contributed by atoms with van der Waals surface area (Å²) in [7, 11) is 0. The van der Waals surface area contributed by atoms with Crippen molar-refractivity contribution < 1.29 is 4.79 Å². The van der Waals surface area contributed by atoms with E-state index in [1.807, 2.05) is 54.3 Å². The first kappa shape index (κ1) is 18.5. The minimum Gasteiger partial charge on any atom is -0.353 e. The van der Waals surface area contributed by atoms with Crippen molar-refractivity contribution in [1.82, 2.24) is 20.1 Å². The molecule has 0 radical (unpaired) electrons. The number of benzene rings is 1. The number of H-pyrrole nitrogens is 1. The van der Waals surface area contributed by atoms with E-state index in [4.69, 9.17) is 11.6 Å². The monoisotopic (exact) mass is 395 g/mol. The highest BCUT2D eigenvalue weighted by Gasteiger charge is 2.22. The average Bonchev–Trinajstić information content (AvgIpc) is 3.06. The van der Waals surface area contributed by atoms with Crippen LogP contribution in [0.2, 0.25) is 5.02 Å². The van der Waals surface area contributed by atoms with Crippen molar-refractivity contribution in [3.63, 3.8) is 0 Å². The van der Waals surface area contributed by atoms with E-state index in [9.17, 15) is 4.79 Å². The summed E-state index contributed by atoms with van der Waals surface area (Å²) in [5, 5.41) is 8.29. The molecule has 1 aliphatic heterocycles. The van der Waals surface area contributed by atoms with Gasteiger partial charge in [0.25, 0.3) is 5.91 Å². The second-order valence-corrected chi connectivity index (χ2v) is 7.40. The van der Waals surface area contributed by atoms with E-state index in [1.165, 1.54) is 0 Å². The lowest BCUT2D eigenvalue weighted by Gasteiger charge is -2.21. The molecule has 0 saturated carbocycles. The number of rotatable bonds is 3. The molecule has 6 nitrogen and oxygen atoms in total. The van der Waals surface area contributed by atoms with Gasteiger partial charge in [-0.25, -0.2) is 0 Å². The number of carbonyl (C=O) groups excluding carboxylic acids is 1. The van der Waals surface area contributed by atoms with Crippen LogP contribution in [0, 0.1) is 6.92 Å². The third kappa shape index (κ3) is 4.02. The number of aromatic amines is 1. The van der Waals surface area contributed by atoms with Crippen LogP contribution >= 0.6 is 11.6 Å². The molecule has 4 rings (SSSR count). The van der Waals surface area contributed by atoms with Gasteiger partial charge in [-0.05, 0) is 43.2 Å². The Labute approximate surface area is 169 Å². The van der Waals surface area contributed by atoms with E-state index in [2.05, 4.69) is 20.1 Å². The van der Waals surface area contributed by atoms with Gasteiger partial charge in [-0.15, -0.1) is 0 Å². The molecule has 0 unspecified atom stereocenters. The Morgan fingerprint density at radius 2 is 1.89 bits per heavy atom. The Morgan fingerprint density at radius 3 is 2.64 bits per heavy atom. The summed E-state index contributed by atoms with van der Waals surface area (Å²) < 4.78 is 0. The maximum absolute atomic E-state index is 12.8. The number of amides is 1. The summed E-state index contributed by atoms with van der Waals surface area (Å²) in [5.74, 6) is 0.939. The van der Waals surface area contributed by atoms with Gasteiger partial charge in [-0.3, -0.25) is 14.9 Å². The molecule has 2 aromatic heterocycles. The van der Waals surface area contributed by atoms with Crippen LogP contribution in [0.3, 0.4) is 0 Å². The number of aryl methyl sites for hydroxylation is 1.